The van der Waals surface area contributed by atoms with Gasteiger partial charge in [-0.15, -0.1) is 11.3 Å². The molecule has 1 N–H and O–H groups in total. The topological polar surface area (TPSA) is 38.3 Å². The van der Waals surface area contributed by atoms with Gasteiger partial charge in [-0.05, 0) is 68.7 Å². The van der Waals surface area contributed by atoms with Crippen LogP contribution in [0.4, 0.5) is 0 Å². The van der Waals surface area contributed by atoms with E-state index in [9.17, 15) is 4.79 Å². The van der Waals surface area contributed by atoms with Crippen molar-refractivity contribution in [3.05, 3.63) is 56.7 Å². The molecule has 3 rings (SSSR count). The van der Waals surface area contributed by atoms with Crippen LogP contribution in [-0.4, -0.2) is 19.1 Å². The van der Waals surface area contributed by atoms with E-state index >= 15 is 0 Å². The summed E-state index contributed by atoms with van der Waals surface area (Å²) < 4.78 is 5.25. The lowest BCUT2D eigenvalue weighted by atomic mass is 9.79. The van der Waals surface area contributed by atoms with Crippen molar-refractivity contribution in [1.82, 2.24) is 5.32 Å². The SMILES string of the molecule is CCOC(=O)C(C)(C)CCCC(c1ccccc1Cl)C1NCCc2sccc21. The molecule has 1 aromatic carbocycles. The normalized spacial score (nSPS) is 17.8. The first kappa shape index (κ1) is 21.4. The van der Waals surface area contributed by atoms with Crippen LogP contribution in [-0.2, 0) is 16.0 Å². The zero-order chi connectivity index (χ0) is 20.1. The van der Waals surface area contributed by atoms with Crippen LogP contribution in [0.1, 0.15) is 68.0 Å². The maximum absolute atomic E-state index is 12.2. The third-order valence-electron chi connectivity index (χ3n) is 5.68. The highest BCUT2D eigenvalue weighted by Crippen LogP contribution is 2.42. The smallest absolute Gasteiger partial charge is 0.311 e. The highest BCUT2D eigenvalue weighted by molar-refractivity contribution is 7.10. The van der Waals surface area contributed by atoms with E-state index in [0.29, 0.717) is 6.61 Å². The van der Waals surface area contributed by atoms with Crippen LogP contribution in [0.5, 0.6) is 0 Å². The molecule has 1 aromatic heterocycles. The van der Waals surface area contributed by atoms with E-state index in [4.69, 9.17) is 16.3 Å². The van der Waals surface area contributed by atoms with Gasteiger partial charge in [0.05, 0.1) is 12.0 Å². The number of nitrogens with one attached hydrogen (secondary N) is 1. The predicted molar refractivity (Wildman–Crippen MR) is 117 cm³/mol. The van der Waals surface area contributed by atoms with Gasteiger partial charge >= 0.3 is 5.97 Å². The Morgan fingerprint density at radius 1 is 1.36 bits per heavy atom. The molecule has 0 fully saturated rings. The first-order valence-corrected chi connectivity index (χ1v) is 11.4. The number of carbonyl (C=O) groups excluding carboxylic acids is 1. The molecule has 2 atom stereocenters. The second kappa shape index (κ2) is 9.43. The Bertz CT molecular complexity index is 801. The molecule has 5 heteroatoms. The van der Waals surface area contributed by atoms with Crippen molar-refractivity contribution >= 4 is 28.9 Å². The van der Waals surface area contributed by atoms with E-state index in [0.717, 1.165) is 37.3 Å². The number of hydrogen-bond acceptors (Lipinski definition) is 4. The van der Waals surface area contributed by atoms with Crippen LogP contribution in [0.3, 0.4) is 0 Å². The molecule has 0 aliphatic carbocycles. The molecule has 152 valence electrons. The van der Waals surface area contributed by atoms with Crippen molar-refractivity contribution in [3.8, 4) is 0 Å². The number of thiophene rings is 1. The lowest BCUT2D eigenvalue weighted by molar-refractivity contribution is -0.153. The van der Waals surface area contributed by atoms with Gasteiger partial charge in [0.15, 0.2) is 0 Å². The van der Waals surface area contributed by atoms with Gasteiger partial charge < -0.3 is 10.1 Å². The average Bonchev–Trinajstić information content (AvgIpc) is 3.15. The lowest BCUT2D eigenvalue weighted by Crippen LogP contribution is -2.33. The Morgan fingerprint density at radius 3 is 2.89 bits per heavy atom. The molecular formula is C23H30ClNO2S. The fourth-order valence-corrected chi connectivity index (χ4v) is 5.32. The van der Waals surface area contributed by atoms with Crippen LogP contribution >= 0.6 is 22.9 Å². The minimum absolute atomic E-state index is 0.111. The van der Waals surface area contributed by atoms with Crippen LogP contribution in [0.15, 0.2) is 35.7 Å². The highest BCUT2D eigenvalue weighted by atomic mass is 35.5. The van der Waals surface area contributed by atoms with E-state index in [1.807, 2.05) is 44.2 Å². The summed E-state index contributed by atoms with van der Waals surface area (Å²) >= 11 is 8.45. The summed E-state index contributed by atoms with van der Waals surface area (Å²) in [4.78, 5) is 13.7. The average molecular weight is 420 g/mol. The summed E-state index contributed by atoms with van der Waals surface area (Å²) in [6, 6.07) is 10.7. The van der Waals surface area contributed by atoms with Crippen LogP contribution in [0.25, 0.3) is 0 Å². The summed E-state index contributed by atoms with van der Waals surface area (Å²) in [5, 5.41) is 6.75. The number of ether oxygens (including phenoxy) is 1. The molecule has 3 nitrogen and oxygen atoms in total. The maximum Gasteiger partial charge on any atom is 0.311 e. The number of benzene rings is 1. The van der Waals surface area contributed by atoms with E-state index < -0.39 is 5.41 Å². The van der Waals surface area contributed by atoms with Crippen LogP contribution in [0, 0.1) is 5.41 Å². The van der Waals surface area contributed by atoms with Gasteiger partial charge in [-0.3, -0.25) is 4.79 Å². The lowest BCUT2D eigenvalue weighted by Gasteiger charge is -2.33. The Morgan fingerprint density at radius 2 is 2.14 bits per heavy atom. The van der Waals surface area contributed by atoms with Gasteiger partial charge in [-0.1, -0.05) is 36.2 Å². The van der Waals surface area contributed by atoms with Crippen molar-refractivity contribution in [2.24, 2.45) is 5.41 Å². The summed E-state index contributed by atoms with van der Waals surface area (Å²) in [5.41, 5.74) is 2.13. The van der Waals surface area contributed by atoms with Crippen LogP contribution < -0.4 is 5.32 Å². The van der Waals surface area contributed by atoms with Gasteiger partial charge in [-0.2, -0.15) is 0 Å². The molecule has 0 spiro atoms. The molecule has 2 heterocycles. The summed E-state index contributed by atoms with van der Waals surface area (Å²) in [7, 11) is 0. The van der Waals surface area contributed by atoms with E-state index in [1.165, 1.54) is 16.0 Å². The Hall–Kier alpha value is -1.36. The van der Waals surface area contributed by atoms with E-state index in [1.54, 1.807) is 0 Å². The largest absolute Gasteiger partial charge is 0.466 e. The van der Waals surface area contributed by atoms with Gasteiger partial charge in [-0.25, -0.2) is 0 Å². The summed E-state index contributed by atoms with van der Waals surface area (Å²) in [6.07, 6.45) is 3.81. The molecule has 0 amide bonds. The van der Waals surface area contributed by atoms with Crippen molar-refractivity contribution in [2.75, 3.05) is 13.2 Å². The zero-order valence-corrected chi connectivity index (χ0v) is 18.5. The molecular weight excluding hydrogens is 390 g/mol. The molecule has 1 aliphatic rings. The molecule has 0 saturated heterocycles. The number of fused-ring (bicyclic) bond motifs is 1. The highest BCUT2D eigenvalue weighted by Gasteiger charge is 2.33. The molecule has 0 radical (unpaired) electrons. The minimum Gasteiger partial charge on any atom is -0.466 e. The van der Waals surface area contributed by atoms with E-state index in [2.05, 4.69) is 28.9 Å². The minimum atomic E-state index is -0.464. The third kappa shape index (κ3) is 4.79. The van der Waals surface area contributed by atoms with Gasteiger partial charge in [0.2, 0.25) is 0 Å². The predicted octanol–water partition coefficient (Wildman–Crippen LogP) is 6.13. The fourth-order valence-electron chi connectivity index (χ4n) is 4.11. The van der Waals surface area contributed by atoms with Crippen molar-refractivity contribution in [3.63, 3.8) is 0 Å². The van der Waals surface area contributed by atoms with Gasteiger partial charge in [0.25, 0.3) is 0 Å². The van der Waals surface area contributed by atoms with Crippen molar-refractivity contribution < 1.29 is 9.53 Å². The standard InChI is InChI=1S/C23H30ClNO2S/c1-4-27-22(26)23(2,3)13-7-9-17(16-8-5-6-10-19(16)24)21-18-12-15-28-20(18)11-14-25-21/h5-6,8,10,12,15,17,21,25H,4,7,9,11,13-14H2,1-3H3. The molecule has 0 bridgehead atoms. The third-order valence-corrected chi connectivity index (χ3v) is 7.02. The van der Waals surface area contributed by atoms with Crippen LogP contribution in [0.2, 0.25) is 5.02 Å². The molecule has 1 aliphatic heterocycles. The van der Waals surface area contributed by atoms with Crippen molar-refractivity contribution in [2.45, 2.75) is 58.4 Å². The van der Waals surface area contributed by atoms with Gasteiger partial charge in [0.1, 0.15) is 0 Å². The molecule has 0 saturated carbocycles. The summed E-state index contributed by atoms with van der Waals surface area (Å²) in [5.74, 6) is 0.167. The quantitative estimate of drug-likeness (QED) is 0.523. The molecule has 28 heavy (non-hydrogen) atoms. The second-order valence-corrected chi connectivity index (χ2v) is 9.51. The van der Waals surface area contributed by atoms with Crippen molar-refractivity contribution in [1.29, 1.82) is 0 Å². The Balaban J connectivity index is 1.79. The van der Waals surface area contributed by atoms with E-state index in [-0.39, 0.29) is 17.9 Å². The number of esters is 1. The Labute approximate surface area is 177 Å². The van der Waals surface area contributed by atoms with Gasteiger partial charge in [0, 0.05) is 28.4 Å². The first-order valence-electron chi connectivity index (χ1n) is 10.2. The monoisotopic (exact) mass is 419 g/mol. The number of carbonyl (C=O) groups is 1. The second-order valence-electron chi connectivity index (χ2n) is 8.11. The fraction of sp³-hybridized carbons (Fsp3) is 0.522. The molecule has 2 aromatic rings. The number of rotatable bonds is 8. The zero-order valence-electron chi connectivity index (χ0n) is 17.0. The summed E-state index contributed by atoms with van der Waals surface area (Å²) in [6.45, 7) is 7.23. The maximum atomic E-state index is 12.2. The molecule has 2 unspecified atom stereocenters. The first-order chi connectivity index (χ1) is 13.4. The Kier molecular flexibility index (Phi) is 7.19. The number of hydrogen-bond donors (Lipinski definition) is 1. The number of halogens is 1.